The normalized spacial score (nSPS) is 12.8. The molecule has 1 atom stereocenters. The van der Waals surface area contributed by atoms with E-state index in [4.69, 9.17) is 5.11 Å². The first-order chi connectivity index (χ1) is 6.08. The van der Waals surface area contributed by atoms with Crippen molar-refractivity contribution in [3.05, 3.63) is 16.0 Å². The summed E-state index contributed by atoms with van der Waals surface area (Å²) in [7, 11) is 0. The van der Waals surface area contributed by atoms with E-state index < -0.39 is 12.1 Å². The van der Waals surface area contributed by atoms with Crippen molar-refractivity contribution in [3.8, 4) is 0 Å². The fourth-order valence-electron chi connectivity index (χ4n) is 0.920. The number of hydrogen-bond acceptors (Lipinski definition) is 3. The van der Waals surface area contributed by atoms with E-state index in [0.29, 0.717) is 0 Å². The number of carbonyl (C=O) groups is 1. The topological polar surface area (TPSA) is 75.3 Å². The van der Waals surface area contributed by atoms with Crippen LogP contribution in [0.3, 0.4) is 0 Å². The quantitative estimate of drug-likeness (QED) is 0.785. The second-order valence-electron chi connectivity index (χ2n) is 2.63. The van der Waals surface area contributed by atoms with Crippen LogP contribution in [-0.4, -0.2) is 32.1 Å². The number of halogens is 1. The fourth-order valence-corrected chi connectivity index (χ4v) is 1.37. The Bertz CT molecular complexity index is 300. The minimum absolute atomic E-state index is 0.218. The Morgan fingerprint density at radius 2 is 2.46 bits per heavy atom. The third kappa shape index (κ3) is 3.73. The van der Waals surface area contributed by atoms with Gasteiger partial charge in [-0.1, -0.05) is 0 Å². The Balaban J connectivity index is 2.44. The largest absolute Gasteiger partial charge is 0.481 e. The van der Waals surface area contributed by atoms with Gasteiger partial charge in [0.15, 0.2) is 0 Å². The van der Waals surface area contributed by atoms with Crippen LogP contribution in [0, 0.1) is 3.57 Å². The summed E-state index contributed by atoms with van der Waals surface area (Å²) in [5.41, 5.74) is 0. The Labute approximate surface area is 88.5 Å². The molecule has 6 heteroatoms. The van der Waals surface area contributed by atoms with Gasteiger partial charge in [0.05, 0.1) is 28.8 Å². The lowest BCUT2D eigenvalue weighted by Crippen LogP contribution is -2.19. The minimum atomic E-state index is -1.01. The van der Waals surface area contributed by atoms with Crippen LogP contribution < -0.4 is 0 Å². The first-order valence-electron chi connectivity index (χ1n) is 3.65. The van der Waals surface area contributed by atoms with Gasteiger partial charge in [-0.2, -0.15) is 5.10 Å². The molecular formula is C7H9IN2O3. The van der Waals surface area contributed by atoms with Crippen molar-refractivity contribution in [2.24, 2.45) is 0 Å². The van der Waals surface area contributed by atoms with Gasteiger partial charge in [0.2, 0.25) is 0 Å². The molecule has 1 rings (SSSR count). The van der Waals surface area contributed by atoms with Crippen molar-refractivity contribution in [2.75, 3.05) is 0 Å². The molecule has 0 saturated carbocycles. The van der Waals surface area contributed by atoms with Crippen LogP contribution >= 0.6 is 22.6 Å². The molecular weight excluding hydrogens is 287 g/mol. The van der Waals surface area contributed by atoms with Crippen LogP contribution in [-0.2, 0) is 11.3 Å². The van der Waals surface area contributed by atoms with Gasteiger partial charge in [-0.15, -0.1) is 0 Å². The number of aliphatic hydroxyl groups excluding tert-OH is 1. The smallest absolute Gasteiger partial charge is 0.306 e. The molecule has 0 saturated heterocycles. The van der Waals surface area contributed by atoms with Crippen molar-refractivity contribution in [3.63, 3.8) is 0 Å². The Morgan fingerprint density at radius 3 is 2.92 bits per heavy atom. The van der Waals surface area contributed by atoms with E-state index in [0.717, 1.165) is 3.57 Å². The number of carboxylic acids is 1. The average Bonchev–Trinajstić information content (AvgIpc) is 2.33. The predicted octanol–water partition coefficient (Wildman–Crippen LogP) is 0.323. The summed E-state index contributed by atoms with van der Waals surface area (Å²) in [6.45, 7) is 0.218. The maximum Gasteiger partial charge on any atom is 0.306 e. The lowest BCUT2D eigenvalue weighted by molar-refractivity contribution is -0.139. The molecule has 13 heavy (non-hydrogen) atoms. The Hall–Kier alpha value is -0.630. The first kappa shape index (κ1) is 10.5. The Kier molecular flexibility index (Phi) is 3.67. The summed E-state index contributed by atoms with van der Waals surface area (Å²) in [6.07, 6.45) is 2.25. The van der Waals surface area contributed by atoms with Crippen LogP contribution in [0.1, 0.15) is 6.42 Å². The van der Waals surface area contributed by atoms with Gasteiger partial charge in [-0.05, 0) is 22.6 Å². The molecule has 0 aliphatic heterocycles. The summed E-state index contributed by atoms with van der Waals surface area (Å²) >= 11 is 2.09. The molecule has 1 unspecified atom stereocenters. The van der Waals surface area contributed by atoms with Gasteiger partial charge in [0.25, 0.3) is 0 Å². The van der Waals surface area contributed by atoms with E-state index in [1.54, 1.807) is 12.4 Å². The molecule has 1 aromatic heterocycles. The number of aliphatic carboxylic acids is 1. The highest BCUT2D eigenvalue weighted by atomic mass is 127. The summed E-state index contributed by atoms with van der Waals surface area (Å²) in [5.74, 6) is -1.01. The van der Waals surface area contributed by atoms with E-state index in [9.17, 15) is 9.90 Å². The molecule has 0 radical (unpaired) electrons. The average molecular weight is 296 g/mol. The molecule has 0 fully saturated rings. The van der Waals surface area contributed by atoms with E-state index in [1.807, 2.05) is 0 Å². The molecule has 0 aliphatic rings. The number of carboxylic acid groups (broad SMARTS) is 1. The summed E-state index contributed by atoms with van der Waals surface area (Å²) in [6, 6.07) is 0. The zero-order valence-electron chi connectivity index (χ0n) is 6.72. The second-order valence-corrected chi connectivity index (χ2v) is 3.88. The second kappa shape index (κ2) is 4.56. The van der Waals surface area contributed by atoms with Crippen LogP contribution in [0.4, 0.5) is 0 Å². The maximum absolute atomic E-state index is 10.2. The minimum Gasteiger partial charge on any atom is -0.481 e. The molecule has 0 bridgehead atoms. The van der Waals surface area contributed by atoms with Gasteiger partial charge < -0.3 is 10.2 Å². The predicted molar refractivity (Wildman–Crippen MR) is 53.2 cm³/mol. The zero-order chi connectivity index (χ0) is 9.84. The molecule has 0 aliphatic carbocycles. The standard InChI is InChI=1S/C7H9IN2O3/c8-5-2-9-10(3-5)4-6(11)1-7(12)13/h2-3,6,11H,1,4H2,(H,12,13). The lowest BCUT2D eigenvalue weighted by atomic mass is 10.2. The van der Waals surface area contributed by atoms with Crippen LogP contribution in [0.2, 0.25) is 0 Å². The zero-order valence-corrected chi connectivity index (χ0v) is 8.88. The van der Waals surface area contributed by atoms with Crippen LogP contribution in [0.15, 0.2) is 12.4 Å². The maximum atomic E-state index is 10.2. The third-order valence-corrected chi connectivity index (χ3v) is 1.97. The molecule has 5 nitrogen and oxygen atoms in total. The van der Waals surface area contributed by atoms with E-state index >= 15 is 0 Å². The van der Waals surface area contributed by atoms with E-state index in [2.05, 4.69) is 27.7 Å². The number of nitrogens with zero attached hydrogens (tertiary/aromatic N) is 2. The SMILES string of the molecule is O=C(O)CC(O)Cn1cc(I)cn1. The van der Waals surface area contributed by atoms with Gasteiger partial charge in [-0.3, -0.25) is 9.48 Å². The molecule has 2 N–H and O–H groups in total. The molecule has 1 heterocycles. The highest BCUT2D eigenvalue weighted by molar-refractivity contribution is 14.1. The van der Waals surface area contributed by atoms with E-state index in [-0.39, 0.29) is 13.0 Å². The molecule has 72 valence electrons. The number of aromatic nitrogens is 2. The molecule has 1 aromatic rings. The number of hydrogen-bond donors (Lipinski definition) is 2. The van der Waals surface area contributed by atoms with E-state index in [1.165, 1.54) is 4.68 Å². The van der Waals surface area contributed by atoms with Gasteiger partial charge in [0, 0.05) is 6.20 Å². The molecule has 0 amide bonds. The fraction of sp³-hybridized carbons (Fsp3) is 0.429. The lowest BCUT2D eigenvalue weighted by Gasteiger charge is -2.06. The monoisotopic (exact) mass is 296 g/mol. The number of rotatable bonds is 4. The third-order valence-electron chi connectivity index (χ3n) is 1.41. The molecule has 0 spiro atoms. The highest BCUT2D eigenvalue weighted by Gasteiger charge is 2.10. The van der Waals surface area contributed by atoms with Gasteiger partial charge in [-0.25, -0.2) is 0 Å². The van der Waals surface area contributed by atoms with Crippen molar-refractivity contribution >= 4 is 28.6 Å². The van der Waals surface area contributed by atoms with Gasteiger partial charge in [0.1, 0.15) is 0 Å². The number of aliphatic hydroxyl groups is 1. The molecule has 0 aromatic carbocycles. The summed E-state index contributed by atoms with van der Waals surface area (Å²) < 4.78 is 2.48. The van der Waals surface area contributed by atoms with Crippen molar-refractivity contribution in [2.45, 2.75) is 19.1 Å². The van der Waals surface area contributed by atoms with Crippen molar-refractivity contribution in [1.29, 1.82) is 0 Å². The Morgan fingerprint density at radius 1 is 1.77 bits per heavy atom. The summed E-state index contributed by atoms with van der Waals surface area (Å²) in [4.78, 5) is 10.2. The van der Waals surface area contributed by atoms with Gasteiger partial charge >= 0.3 is 5.97 Å². The van der Waals surface area contributed by atoms with Crippen molar-refractivity contribution < 1.29 is 15.0 Å². The summed E-state index contributed by atoms with van der Waals surface area (Å²) in [5, 5.41) is 21.5. The van der Waals surface area contributed by atoms with Crippen molar-refractivity contribution in [1.82, 2.24) is 9.78 Å². The first-order valence-corrected chi connectivity index (χ1v) is 4.73. The van der Waals surface area contributed by atoms with Crippen LogP contribution in [0.25, 0.3) is 0 Å². The van der Waals surface area contributed by atoms with Crippen LogP contribution in [0.5, 0.6) is 0 Å². The highest BCUT2D eigenvalue weighted by Crippen LogP contribution is 2.03.